The summed E-state index contributed by atoms with van der Waals surface area (Å²) in [4.78, 5) is 28.2. The maximum absolute atomic E-state index is 12.3. The number of nitrogens with zero attached hydrogens (tertiary/aromatic N) is 4. The number of amides is 2. The van der Waals surface area contributed by atoms with E-state index in [4.69, 9.17) is 0 Å². The molecule has 1 aromatic rings. The molecule has 0 radical (unpaired) electrons. The molecular formula is C16H25N5O2S. The van der Waals surface area contributed by atoms with E-state index in [1.165, 1.54) is 11.3 Å². The van der Waals surface area contributed by atoms with Gasteiger partial charge < -0.3 is 10.2 Å². The van der Waals surface area contributed by atoms with E-state index in [0.29, 0.717) is 18.1 Å². The van der Waals surface area contributed by atoms with Crippen molar-refractivity contribution in [3.63, 3.8) is 0 Å². The SMILES string of the molecule is CC(C)NC(=O)C1CCCN(c2nnc(N3CCCCC3=O)s2)C1. The van der Waals surface area contributed by atoms with Gasteiger partial charge in [-0.05, 0) is 39.5 Å². The number of piperidine rings is 2. The van der Waals surface area contributed by atoms with Crippen molar-refractivity contribution in [1.82, 2.24) is 15.5 Å². The Labute approximate surface area is 146 Å². The van der Waals surface area contributed by atoms with Crippen LogP contribution < -0.4 is 15.1 Å². The summed E-state index contributed by atoms with van der Waals surface area (Å²) in [6.45, 7) is 6.23. The highest BCUT2D eigenvalue weighted by atomic mass is 32.1. The van der Waals surface area contributed by atoms with Gasteiger partial charge in [-0.2, -0.15) is 0 Å². The van der Waals surface area contributed by atoms with Gasteiger partial charge in [-0.3, -0.25) is 14.5 Å². The molecule has 0 aromatic carbocycles. The standard InChI is InChI=1S/C16H25N5O2S/c1-11(2)17-14(23)12-6-5-8-20(10-12)15-18-19-16(24-15)21-9-4-3-7-13(21)22/h11-12H,3-10H2,1-2H3,(H,17,23). The molecule has 132 valence electrons. The van der Waals surface area contributed by atoms with Crippen LogP contribution in [0.5, 0.6) is 0 Å². The molecule has 0 bridgehead atoms. The van der Waals surface area contributed by atoms with Crippen LogP contribution in [0.3, 0.4) is 0 Å². The number of aromatic nitrogens is 2. The zero-order valence-corrected chi connectivity index (χ0v) is 15.1. The van der Waals surface area contributed by atoms with Gasteiger partial charge in [0.05, 0.1) is 5.92 Å². The number of hydrogen-bond acceptors (Lipinski definition) is 6. The van der Waals surface area contributed by atoms with Gasteiger partial charge >= 0.3 is 0 Å². The Balaban J connectivity index is 1.66. The Kier molecular flexibility index (Phi) is 5.33. The second-order valence-electron chi connectivity index (χ2n) is 6.82. The van der Waals surface area contributed by atoms with Gasteiger partial charge in [-0.1, -0.05) is 11.3 Å². The minimum absolute atomic E-state index is 0.00915. The van der Waals surface area contributed by atoms with Gasteiger partial charge in [-0.25, -0.2) is 0 Å². The van der Waals surface area contributed by atoms with Crippen LogP contribution in [0.2, 0.25) is 0 Å². The predicted molar refractivity (Wildman–Crippen MR) is 94.3 cm³/mol. The van der Waals surface area contributed by atoms with E-state index in [1.807, 2.05) is 13.8 Å². The molecule has 0 aliphatic carbocycles. The molecule has 0 spiro atoms. The summed E-state index contributed by atoms with van der Waals surface area (Å²) in [6, 6.07) is 0.158. The number of carbonyl (C=O) groups is 2. The first-order valence-electron chi connectivity index (χ1n) is 8.74. The second-order valence-corrected chi connectivity index (χ2v) is 7.75. The highest BCUT2D eigenvalue weighted by molar-refractivity contribution is 7.19. The Bertz CT molecular complexity index is 603. The zero-order valence-electron chi connectivity index (χ0n) is 14.3. The van der Waals surface area contributed by atoms with E-state index in [9.17, 15) is 9.59 Å². The Hall–Kier alpha value is -1.70. The lowest BCUT2D eigenvalue weighted by Gasteiger charge is -2.31. The van der Waals surface area contributed by atoms with Crippen molar-refractivity contribution in [3.8, 4) is 0 Å². The molecule has 1 aromatic heterocycles. The van der Waals surface area contributed by atoms with Crippen LogP contribution in [0.25, 0.3) is 0 Å². The topological polar surface area (TPSA) is 78.4 Å². The molecule has 0 saturated carbocycles. The minimum Gasteiger partial charge on any atom is -0.354 e. The maximum atomic E-state index is 12.3. The second kappa shape index (κ2) is 7.46. The van der Waals surface area contributed by atoms with Gasteiger partial charge in [0.15, 0.2) is 0 Å². The highest BCUT2D eigenvalue weighted by Crippen LogP contribution is 2.31. The van der Waals surface area contributed by atoms with Crippen LogP contribution in [-0.2, 0) is 9.59 Å². The van der Waals surface area contributed by atoms with Crippen molar-refractivity contribution < 1.29 is 9.59 Å². The largest absolute Gasteiger partial charge is 0.354 e. The smallest absolute Gasteiger partial charge is 0.228 e. The lowest BCUT2D eigenvalue weighted by molar-refractivity contribution is -0.125. The summed E-state index contributed by atoms with van der Waals surface area (Å²) in [5.74, 6) is 0.243. The normalized spacial score (nSPS) is 22.1. The third kappa shape index (κ3) is 3.85. The molecule has 1 atom stereocenters. The van der Waals surface area contributed by atoms with E-state index < -0.39 is 0 Å². The van der Waals surface area contributed by atoms with Gasteiger partial charge in [0.25, 0.3) is 0 Å². The van der Waals surface area contributed by atoms with Crippen LogP contribution in [0.4, 0.5) is 10.3 Å². The van der Waals surface area contributed by atoms with E-state index >= 15 is 0 Å². The van der Waals surface area contributed by atoms with Gasteiger partial charge in [0, 0.05) is 32.1 Å². The van der Waals surface area contributed by atoms with Crippen LogP contribution >= 0.6 is 11.3 Å². The first-order valence-corrected chi connectivity index (χ1v) is 9.55. The number of nitrogens with one attached hydrogen (secondary N) is 1. The summed E-state index contributed by atoms with van der Waals surface area (Å²) in [7, 11) is 0. The molecule has 3 heterocycles. The predicted octanol–water partition coefficient (Wildman–Crippen LogP) is 1.80. The van der Waals surface area contributed by atoms with Gasteiger partial charge in [0.2, 0.25) is 22.1 Å². The van der Waals surface area contributed by atoms with Crippen LogP contribution in [-0.4, -0.2) is 47.7 Å². The van der Waals surface area contributed by atoms with Gasteiger partial charge in [0.1, 0.15) is 0 Å². The Morgan fingerprint density at radius 2 is 2.00 bits per heavy atom. The number of rotatable bonds is 4. The lowest BCUT2D eigenvalue weighted by Crippen LogP contribution is -2.44. The van der Waals surface area contributed by atoms with Crippen LogP contribution in [0.1, 0.15) is 46.0 Å². The summed E-state index contributed by atoms with van der Waals surface area (Å²) in [5, 5.41) is 13.0. The van der Waals surface area contributed by atoms with E-state index in [1.54, 1.807) is 4.90 Å². The van der Waals surface area contributed by atoms with Crippen molar-refractivity contribution in [2.75, 3.05) is 29.4 Å². The molecule has 24 heavy (non-hydrogen) atoms. The van der Waals surface area contributed by atoms with Crippen molar-refractivity contribution in [3.05, 3.63) is 0 Å². The maximum Gasteiger partial charge on any atom is 0.228 e. The molecule has 2 amide bonds. The number of carbonyl (C=O) groups excluding carboxylic acids is 2. The lowest BCUT2D eigenvalue weighted by atomic mass is 9.97. The fourth-order valence-electron chi connectivity index (χ4n) is 3.22. The molecule has 3 rings (SSSR count). The first-order chi connectivity index (χ1) is 11.5. The molecule has 2 saturated heterocycles. The Morgan fingerprint density at radius 1 is 1.21 bits per heavy atom. The monoisotopic (exact) mass is 351 g/mol. The van der Waals surface area contributed by atoms with Crippen molar-refractivity contribution in [2.24, 2.45) is 5.92 Å². The van der Waals surface area contributed by atoms with Crippen molar-refractivity contribution in [1.29, 1.82) is 0 Å². The van der Waals surface area contributed by atoms with E-state index in [2.05, 4.69) is 20.4 Å². The fourth-order valence-corrected chi connectivity index (χ4v) is 4.15. The average molecular weight is 351 g/mol. The number of anilines is 2. The number of hydrogen-bond donors (Lipinski definition) is 1. The molecule has 7 nitrogen and oxygen atoms in total. The third-order valence-electron chi connectivity index (χ3n) is 4.45. The molecule has 2 fully saturated rings. The van der Waals surface area contributed by atoms with Crippen LogP contribution in [0.15, 0.2) is 0 Å². The fraction of sp³-hybridized carbons (Fsp3) is 0.750. The van der Waals surface area contributed by atoms with Crippen LogP contribution in [0, 0.1) is 5.92 Å². The van der Waals surface area contributed by atoms with Crippen molar-refractivity contribution >= 4 is 33.4 Å². The van der Waals surface area contributed by atoms with Gasteiger partial charge in [-0.15, -0.1) is 10.2 Å². The molecule has 8 heteroatoms. The summed E-state index contributed by atoms with van der Waals surface area (Å²) in [5.41, 5.74) is 0. The molecule has 1 N–H and O–H groups in total. The molecule has 2 aliphatic rings. The Morgan fingerprint density at radius 3 is 2.75 bits per heavy atom. The van der Waals surface area contributed by atoms with Crippen molar-refractivity contribution in [2.45, 2.75) is 52.0 Å². The minimum atomic E-state index is -0.00915. The third-order valence-corrected chi connectivity index (χ3v) is 5.46. The first kappa shape index (κ1) is 17.1. The zero-order chi connectivity index (χ0) is 17.1. The average Bonchev–Trinajstić information content (AvgIpc) is 3.04. The highest BCUT2D eigenvalue weighted by Gasteiger charge is 2.29. The quantitative estimate of drug-likeness (QED) is 0.895. The molecule has 1 unspecified atom stereocenters. The van der Waals surface area contributed by atoms with E-state index in [-0.39, 0.29) is 23.8 Å². The molecular weight excluding hydrogens is 326 g/mol. The summed E-state index contributed by atoms with van der Waals surface area (Å²) >= 11 is 1.45. The van der Waals surface area contributed by atoms with E-state index in [0.717, 1.165) is 43.9 Å². The summed E-state index contributed by atoms with van der Waals surface area (Å²) in [6.07, 6.45) is 4.44. The summed E-state index contributed by atoms with van der Waals surface area (Å²) < 4.78 is 0. The molecule has 2 aliphatic heterocycles.